The molecule has 0 spiro atoms. The second kappa shape index (κ2) is 8.44. The lowest BCUT2D eigenvalue weighted by Crippen LogP contribution is -2.30. The van der Waals surface area contributed by atoms with Crippen LogP contribution in [0.5, 0.6) is 5.75 Å². The molecule has 1 saturated carbocycles. The van der Waals surface area contributed by atoms with Crippen LogP contribution in [0.1, 0.15) is 44.9 Å². The average Bonchev–Trinajstić information content (AvgIpc) is 3.11. The van der Waals surface area contributed by atoms with E-state index in [0.717, 1.165) is 6.42 Å². The number of amides is 1. The summed E-state index contributed by atoms with van der Waals surface area (Å²) in [5, 5.41) is 2.84. The van der Waals surface area contributed by atoms with Crippen molar-refractivity contribution in [1.29, 1.82) is 0 Å². The van der Waals surface area contributed by atoms with Gasteiger partial charge in [0.2, 0.25) is 0 Å². The third-order valence-corrected chi connectivity index (χ3v) is 4.87. The molecule has 132 valence electrons. The summed E-state index contributed by atoms with van der Waals surface area (Å²) in [7, 11) is 0. The molecule has 1 aliphatic heterocycles. The van der Waals surface area contributed by atoms with E-state index in [-0.39, 0.29) is 12.0 Å². The van der Waals surface area contributed by atoms with Crippen LogP contribution in [-0.4, -0.2) is 36.3 Å². The van der Waals surface area contributed by atoms with E-state index in [0.29, 0.717) is 37.1 Å². The molecule has 2 atom stereocenters. The largest absolute Gasteiger partial charge is 0.489 e. The Hall–Kier alpha value is -1.66. The molecule has 1 aromatic rings. The minimum Gasteiger partial charge on any atom is -0.489 e. The summed E-state index contributed by atoms with van der Waals surface area (Å²) in [5.74, 6) is 1.53. The number of aromatic nitrogens is 1. The SMILES string of the molecule is NC[C@H]1CC[C@@H](C(=O)Nc2ncccc2OCC2CCCCC2)O1. The number of anilines is 1. The molecule has 1 saturated heterocycles. The summed E-state index contributed by atoms with van der Waals surface area (Å²) < 4.78 is 11.6. The molecule has 1 aromatic heterocycles. The quantitative estimate of drug-likeness (QED) is 0.835. The van der Waals surface area contributed by atoms with Gasteiger partial charge in [0, 0.05) is 12.7 Å². The van der Waals surface area contributed by atoms with Crippen LogP contribution in [0.4, 0.5) is 5.82 Å². The van der Waals surface area contributed by atoms with Crippen LogP contribution in [0.3, 0.4) is 0 Å². The number of nitrogens with two attached hydrogens (primary N) is 1. The van der Waals surface area contributed by atoms with Crippen LogP contribution in [-0.2, 0) is 9.53 Å². The van der Waals surface area contributed by atoms with E-state index in [1.807, 2.05) is 12.1 Å². The van der Waals surface area contributed by atoms with Crippen molar-refractivity contribution in [3.05, 3.63) is 18.3 Å². The van der Waals surface area contributed by atoms with Gasteiger partial charge in [0.25, 0.3) is 5.91 Å². The Morgan fingerprint density at radius 3 is 2.88 bits per heavy atom. The summed E-state index contributed by atoms with van der Waals surface area (Å²) in [5.41, 5.74) is 5.59. The average molecular weight is 333 g/mol. The predicted molar refractivity (Wildman–Crippen MR) is 91.9 cm³/mol. The molecular weight excluding hydrogens is 306 g/mol. The summed E-state index contributed by atoms with van der Waals surface area (Å²) in [6.07, 6.45) is 9.03. The van der Waals surface area contributed by atoms with E-state index < -0.39 is 6.10 Å². The predicted octanol–water partition coefficient (Wildman–Crippen LogP) is 2.49. The Morgan fingerprint density at radius 1 is 1.29 bits per heavy atom. The zero-order chi connectivity index (χ0) is 16.8. The molecule has 1 amide bonds. The minimum absolute atomic E-state index is 0.0218. The third-order valence-electron chi connectivity index (χ3n) is 4.87. The first-order valence-electron chi connectivity index (χ1n) is 9.00. The number of hydrogen-bond acceptors (Lipinski definition) is 5. The first-order chi connectivity index (χ1) is 11.8. The molecule has 2 aliphatic rings. The maximum atomic E-state index is 12.4. The fraction of sp³-hybridized carbons (Fsp3) is 0.667. The van der Waals surface area contributed by atoms with Crippen LogP contribution in [0.2, 0.25) is 0 Å². The van der Waals surface area contributed by atoms with Crippen LogP contribution < -0.4 is 15.8 Å². The Kier molecular flexibility index (Phi) is 6.04. The zero-order valence-electron chi connectivity index (χ0n) is 14.1. The van der Waals surface area contributed by atoms with Gasteiger partial charge in [-0.15, -0.1) is 0 Å². The minimum atomic E-state index is -0.452. The molecule has 1 aliphatic carbocycles. The van der Waals surface area contributed by atoms with Gasteiger partial charge in [0.1, 0.15) is 6.10 Å². The van der Waals surface area contributed by atoms with Crippen molar-refractivity contribution < 1.29 is 14.3 Å². The van der Waals surface area contributed by atoms with Crippen LogP contribution in [0, 0.1) is 5.92 Å². The molecule has 3 rings (SSSR count). The molecule has 0 bridgehead atoms. The molecule has 0 aromatic carbocycles. The van der Waals surface area contributed by atoms with Gasteiger partial charge in [0.15, 0.2) is 11.6 Å². The van der Waals surface area contributed by atoms with E-state index >= 15 is 0 Å². The number of hydrogen-bond donors (Lipinski definition) is 2. The van der Waals surface area contributed by atoms with Gasteiger partial charge in [-0.2, -0.15) is 0 Å². The molecule has 24 heavy (non-hydrogen) atoms. The van der Waals surface area contributed by atoms with Gasteiger partial charge in [-0.05, 0) is 43.7 Å². The maximum Gasteiger partial charge on any atom is 0.254 e. The highest BCUT2D eigenvalue weighted by Crippen LogP contribution is 2.28. The first-order valence-corrected chi connectivity index (χ1v) is 9.00. The Labute approximate surface area is 143 Å². The topological polar surface area (TPSA) is 86.5 Å². The number of rotatable bonds is 6. The summed E-state index contributed by atoms with van der Waals surface area (Å²) in [6, 6.07) is 3.67. The lowest BCUT2D eigenvalue weighted by Gasteiger charge is -2.22. The molecule has 0 unspecified atom stereocenters. The highest BCUT2D eigenvalue weighted by molar-refractivity contribution is 5.94. The first kappa shape index (κ1) is 17.2. The highest BCUT2D eigenvalue weighted by Gasteiger charge is 2.30. The van der Waals surface area contributed by atoms with Gasteiger partial charge in [-0.25, -0.2) is 4.98 Å². The number of nitrogens with one attached hydrogen (secondary N) is 1. The monoisotopic (exact) mass is 333 g/mol. The number of ether oxygens (including phenoxy) is 2. The van der Waals surface area contributed by atoms with Crippen molar-refractivity contribution in [2.24, 2.45) is 11.7 Å². The van der Waals surface area contributed by atoms with Gasteiger partial charge < -0.3 is 20.5 Å². The van der Waals surface area contributed by atoms with Gasteiger partial charge >= 0.3 is 0 Å². The van der Waals surface area contributed by atoms with E-state index in [2.05, 4.69) is 10.3 Å². The molecular formula is C18H27N3O3. The smallest absolute Gasteiger partial charge is 0.254 e. The fourth-order valence-corrected chi connectivity index (χ4v) is 3.43. The Morgan fingerprint density at radius 2 is 2.12 bits per heavy atom. The van der Waals surface area contributed by atoms with Gasteiger partial charge in [-0.3, -0.25) is 4.79 Å². The molecule has 2 fully saturated rings. The molecule has 0 radical (unpaired) electrons. The number of carbonyl (C=O) groups excluding carboxylic acids is 1. The molecule has 6 heteroatoms. The van der Waals surface area contributed by atoms with Crippen molar-refractivity contribution in [2.45, 2.75) is 57.2 Å². The fourth-order valence-electron chi connectivity index (χ4n) is 3.43. The standard InChI is InChI=1S/C18H27N3O3/c19-11-14-8-9-16(24-14)18(22)21-17-15(7-4-10-20-17)23-12-13-5-2-1-3-6-13/h4,7,10,13-14,16H,1-3,5-6,8-9,11-12,19H2,(H,20,21,22)/t14-,16+/m1/s1. The van der Waals surface area contributed by atoms with Crippen molar-refractivity contribution in [2.75, 3.05) is 18.5 Å². The van der Waals surface area contributed by atoms with E-state index in [4.69, 9.17) is 15.2 Å². The second-order valence-electron chi connectivity index (χ2n) is 6.71. The van der Waals surface area contributed by atoms with Crippen molar-refractivity contribution in [3.63, 3.8) is 0 Å². The third kappa shape index (κ3) is 4.45. The normalized spacial score (nSPS) is 24.7. The highest BCUT2D eigenvalue weighted by atomic mass is 16.5. The maximum absolute atomic E-state index is 12.4. The Bertz CT molecular complexity index is 546. The van der Waals surface area contributed by atoms with Crippen molar-refractivity contribution >= 4 is 11.7 Å². The lowest BCUT2D eigenvalue weighted by molar-refractivity contribution is -0.126. The summed E-state index contributed by atoms with van der Waals surface area (Å²) in [6.45, 7) is 1.13. The summed E-state index contributed by atoms with van der Waals surface area (Å²) in [4.78, 5) is 16.6. The second-order valence-corrected chi connectivity index (χ2v) is 6.71. The molecule has 6 nitrogen and oxygen atoms in total. The van der Waals surface area contributed by atoms with Gasteiger partial charge in [0.05, 0.1) is 12.7 Å². The molecule has 3 N–H and O–H groups in total. The lowest BCUT2D eigenvalue weighted by atomic mass is 9.90. The van der Waals surface area contributed by atoms with Crippen LogP contribution >= 0.6 is 0 Å². The van der Waals surface area contributed by atoms with Crippen molar-refractivity contribution in [1.82, 2.24) is 4.98 Å². The van der Waals surface area contributed by atoms with Crippen molar-refractivity contribution in [3.8, 4) is 5.75 Å². The van der Waals surface area contributed by atoms with E-state index in [1.165, 1.54) is 32.1 Å². The Balaban J connectivity index is 1.56. The zero-order valence-corrected chi connectivity index (χ0v) is 14.1. The molecule has 2 heterocycles. The number of nitrogens with zero attached hydrogens (tertiary/aromatic N) is 1. The van der Waals surface area contributed by atoms with Crippen LogP contribution in [0.15, 0.2) is 18.3 Å². The summed E-state index contributed by atoms with van der Waals surface area (Å²) >= 11 is 0. The van der Waals surface area contributed by atoms with E-state index in [1.54, 1.807) is 6.20 Å². The van der Waals surface area contributed by atoms with Crippen LogP contribution in [0.25, 0.3) is 0 Å². The number of pyridine rings is 1. The van der Waals surface area contributed by atoms with E-state index in [9.17, 15) is 4.79 Å². The van der Waals surface area contributed by atoms with Gasteiger partial charge in [-0.1, -0.05) is 19.3 Å². The number of carbonyl (C=O) groups is 1.